The summed E-state index contributed by atoms with van der Waals surface area (Å²) in [4.78, 5) is 25.8. The summed E-state index contributed by atoms with van der Waals surface area (Å²) in [6.45, 7) is 9.28. The van der Waals surface area contributed by atoms with Gasteiger partial charge in [0, 0.05) is 37.2 Å². The standard InChI is InChI=1S/C23H32O8/c1-10-12-9-13(30-11(2)24)14-21-8-6-7-20(3,4)15(21)18(27)23(28,31-19(21)29-5)22(14,16(10)25)17(12)26/h12-15,17-19,26-28H,1,6-9H2,2-5H3/t12-,13-,14-,15+,17-,18-,19-,21+,22-,23+/m0/s1. The molecule has 2 aliphatic heterocycles. The molecule has 2 saturated heterocycles. The Morgan fingerprint density at radius 2 is 1.87 bits per heavy atom. The van der Waals surface area contributed by atoms with Crippen LogP contribution in [0.4, 0.5) is 0 Å². The van der Waals surface area contributed by atoms with Gasteiger partial charge in [-0.05, 0) is 30.3 Å². The van der Waals surface area contributed by atoms with Crippen LogP contribution in [0.5, 0.6) is 0 Å². The highest BCUT2D eigenvalue weighted by Crippen LogP contribution is 2.78. The van der Waals surface area contributed by atoms with E-state index in [9.17, 15) is 24.9 Å². The fourth-order valence-corrected chi connectivity index (χ4v) is 8.60. The van der Waals surface area contributed by atoms with Gasteiger partial charge in [-0.25, -0.2) is 0 Å². The second kappa shape index (κ2) is 6.17. The predicted molar refractivity (Wildman–Crippen MR) is 106 cm³/mol. The van der Waals surface area contributed by atoms with Crippen molar-refractivity contribution in [3.8, 4) is 0 Å². The molecule has 0 aromatic rings. The van der Waals surface area contributed by atoms with Crippen molar-refractivity contribution in [3.05, 3.63) is 12.2 Å². The number of hydrogen-bond donors (Lipinski definition) is 3. The summed E-state index contributed by atoms with van der Waals surface area (Å²) in [5.74, 6) is -5.36. The fourth-order valence-electron chi connectivity index (χ4n) is 8.60. The second-order valence-electron chi connectivity index (χ2n) is 10.9. The number of carbonyl (C=O) groups excluding carboxylic acids is 2. The lowest BCUT2D eigenvalue weighted by Crippen LogP contribution is -2.87. The molecule has 2 heterocycles. The van der Waals surface area contributed by atoms with Crippen molar-refractivity contribution in [1.29, 1.82) is 0 Å². The summed E-state index contributed by atoms with van der Waals surface area (Å²) >= 11 is 0. The Morgan fingerprint density at radius 3 is 2.48 bits per heavy atom. The van der Waals surface area contributed by atoms with Gasteiger partial charge in [0.05, 0.1) is 6.10 Å². The van der Waals surface area contributed by atoms with Crippen LogP contribution in [0.2, 0.25) is 0 Å². The van der Waals surface area contributed by atoms with Crippen molar-refractivity contribution in [1.82, 2.24) is 0 Å². The molecular weight excluding hydrogens is 404 g/mol. The van der Waals surface area contributed by atoms with Crippen LogP contribution in [0.15, 0.2) is 12.2 Å². The number of aliphatic hydroxyl groups is 3. The van der Waals surface area contributed by atoms with Crippen molar-refractivity contribution in [2.75, 3.05) is 7.11 Å². The average molecular weight is 437 g/mol. The van der Waals surface area contributed by atoms with Gasteiger partial charge < -0.3 is 29.5 Å². The number of hydrogen-bond acceptors (Lipinski definition) is 8. The quantitative estimate of drug-likeness (QED) is 0.431. The summed E-state index contributed by atoms with van der Waals surface area (Å²) in [5, 5.41) is 35.1. The number of esters is 1. The predicted octanol–water partition coefficient (Wildman–Crippen LogP) is 0.919. The number of ketones is 1. The van der Waals surface area contributed by atoms with E-state index in [1.807, 2.05) is 13.8 Å². The molecule has 0 unspecified atom stereocenters. The summed E-state index contributed by atoms with van der Waals surface area (Å²) < 4.78 is 17.6. The first-order valence-corrected chi connectivity index (χ1v) is 11.1. The van der Waals surface area contributed by atoms with Gasteiger partial charge in [-0.2, -0.15) is 0 Å². The molecule has 10 atom stereocenters. The Hall–Kier alpha value is -1.32. The second-order valence-corrected chi connectivity index (χ2v) is 10.9. The zero-order chi connectivity index (χ0) is 22.7. The minimum Gasteiger partial charge on any atom is -0.462 e. The van der Waals surface area contributed by atoms with E-state index in [0.717, 1.165) is 12.8 Å². The van der Waals surface area contributed by atoms with Crippen molar-refractivity contribution < 1.29 is 39.1 Å². The number of fused-ring (bicyclic) bond motifs is 2. The van der Waals surface area contributed by atoms with E-state index < -0.39 is 76.1 Å². The van der Waals surface area contributed by atoms with Gasteiger partial charge in [0.15, 0.2) is 12.1 Å². The number of ether oxygens (including phenoxy) is 3. The van der Waals surface area contributed by atoms with Crippen molar-refractivity contribution in [2.24, 2.45) is 34.0 Å². The maximum absolute atomic E-state index is 13.8. The number of Topliss-reactive ketones (excluding diaryl/α,β-unsaturated/α-hetero) is 1. The molecule has 0 aromatic carbocycles. The summed E-state index contributed by atoms with van der Waals surface area (Å²) in [7, 11) is 1.47. The fraction of sp³-hybridized carbons (Fsp3) is 0.826. The lowest BCUT2D eigenvalue weighted by Gasteiger charge is -2.75. The first-order valence-electron chi connectivity index (χ1n) is 11.1. The highest BCUT2D eigenvalue weighted by molar-refractivity contribution is 6.05. The molecular formula is C23H32O8. The largest absolute Gasteiger partial charge is 0.462 e. The monoisotopic (exact) mass is 436 g/mol. The Labute approximate surface area is 181 Å². The molecule has 172 valence electrons. The summed E-state index contributed by atoms with van der Waals surface area (Å²) in [5.41, 5.74) is -3.03. The normalized spacial score (nSPS) is 54.4. The van der Waals surface area contributed by atoms with Crippen LogP contribution < -0.4 is 0 Å². The molecule has 4 saturated carbocycles. The Kier molecular flexibility index (Phi) is 4.28. The Balaban J connectivity index is 1.84. The van der Waals surface area contributed by atoms with Crippen molar-refractivity contribution in [2.45, 2.75) is 76.8 Å². The third-order valence-corrected chi connectivity index (χ3v) is 9.31. The lowest BCUT2D eigenvalue weighted by atomic mass is 9.35. The van der Waals surface area contributed by atoms with E-state index in [-0.39, 0.29) is 12.0 Å². The highest BCUT2D eigenvalue weighted by Gasteiger charge is 2.89. The van der Waals surface area contributed by atoms with Crippen LogP contribution >= 0.6 is 0 Å². The highest BCUT2D eigenvalue weighted by atomic mass is 16.8. The molecule has 8 heteroatoms. The summed E-state index contributed by atoms with van der Waals surface area (Å²) in [6.07, 6.45) is -2.02. The van der Waals surface area contributed by atoms with E-state index >= 15 is 0 Å². The summed E-state index contributed by atoms with van der Waals surface area (Å²) in [6, 6.07) is 0. The Morgan fingerprint density at radius 1 is 1.19 bits per heavy atom. The third kappa shape index (κ3) is 2.10. The molecule has 6 fully saturated rings. The van der Waals surface area contributed by atoms with Gasteiger partial charge in [0.25, 0.3) is 0 Å². The first-order chi connectivity index (χ1) is 14.4. The van der Waals surface area contributed by atoms with Crippen molar-refractivity contribution >= 4 is 11.8 Å². The zero-order valence-corrected chi connectivity index (χ0v) is 18.5. The SMILES string of the molecule is C=C1C(=O)[C@]23[C@@H](O)[C@H]1C[C@H](OC(C)=O)[C@H]2[C@]12CCCC(C)(C)[C@H]1[C@H](O)[C@@]3(O)O[C@@H]2OC. The molecule has 6 rings (SSSR count). The minimum atomic E-state index is -2.40. The molecule has 6 aliphatic rings. The van der Waals surface area contributed by atoms with Crippen LogP contribution in [-0.2, 0) is 23.8 Å². The third-order valence-electron chi connectivity index (χ3n) is 9.31. The molecule has 0 amide bonds. The molecule has 8 nitrogen and oxygen atoms in total. The van der Waals surface area contributed by atoms with Crippen LogP contribution in [0.25, 0.3) is 0 Å². The van der Waals surface area contributed by atoms with Gasteiger partial charge in [0.2, 0.25) is 5.79 Å². The Bertz CT molecular complexity index is 868. The number of rotatable bonds is 2. The van der Waals surface area contributed by atoms with Gasteiger partial charge in [0.1, 0.15) is 17.6 Å². The van der Waals surface area contributed by atoms with Gasteiger partial charge >= 0.3 is 5.97 Å². The van der Waals surface area contributed by atoms with Crippen LogP contribution in [0, 0.1) is 34.0 Å². The zero-order valence-electron chi connectivity index (χ0n) is 18.5. The number of carbonyl (C=O) groups is 2. The van der Waals surface area contributed by atoms with Crippen LogP contribution in [0.3, 0.4) is 0 Å². The van der Waals surface area contributed by atoms with Gasteiger partial charge in [-0.1, -0.05) is 26.8 Å². The minimum absolute atomic E-state index is 0.181. The van der Waals surface area contributed by atoms with Crippen LogP contribution in [-0.4, -0.2) is 64.6 Å². The van der Waals surface area contributed by atoms with Gasteiger partial charge in [-0.15, -0.1) is 0 Å². The van der Waals surface area contributed by atoms with E-state index in [2.05, 4.69) is 6.58 Å². The maximum Gasteiger partial charge on any atom is 0.302 e. The average Bonchev–Trinajstić information content (AvgIpc) is 2.79. The molecule has 4 bridgehead atoms. The molecule has 0 aromatic heterocycles. The van der Waals surface area contributed by atoms with E-state index in [0.29, 0.717) is 6.42 Å². The van der Waals surface area contributed by atoms with Crippen LogP contribution in [0.1, 0.15) is 46.5 Å². The van der Waals surface area contributed by atoms with E-state index in [1.54, 1.807) is 0 Å². The van der Waals surface area contributed by atoms with E-state index in [1.165, 1.54) is 14.0 Å². The number of aliphatic hydroxyl groups excluding tert-OH is 2. The van der Waals surface area contributed by atoms with Crippen molar-refractivity contribution in [3.63, 3.8) is 0 Å². The van der Waals surface area contributed by atoms with E-state index in [4.69, 9.17) is 14.2 Å². The lowest BCUT2D eigenvalue weighted by molar-refractivity contribution is -0.506. The molecule has 4 aliphatic carbocycles. The molecule has 0 radical (unpaired) electrons. The van der Waals surface area contributed by atoms with Gasteiger partial charge in [-0.3, -0.25) is 9.59 Å². The molecule has 31 heavy (non-hydrogen) atoms. The first kappa shape index (κ1) is 21.5. The smallest absolute Gasteiger partial charge is 0.302 e. The molecule has 2 spiro atoms. The maximum atomic E-state index is 13.8. The topological polar surface area (TPSA) is 123 Å². The number of methoxy groups -OCH3 is 1. The molecule has 3 N–H and O–H groups in total.